The van der Waals surface area contributed by atoms with Gasteiger partial charge in [0.25, 0.3) is 5.56 Å². The molecule has 0 bridgehead atoms. The Morgan fingerprint density at radius 3 is 2.55 bits per heavy atom. The highest BCUT2D eigenvalue weighted by molar-refractivity contribution is 5.77. The van der Waals surface area contributed by atoms with E-state index < -0.39 is 0 Å². The minimum Gasteiger partial charge on any atom is -0.375 e. The van der Waals surface area contributed by atoms with Gasteiger partial charge in [-0.2, -0.15) is 0 Å². The Labute approximate surface area is 116 Å². The van der Waals surface area contributed by atoms with Gasteiger partial charge in [-0.1, -0.05) is 30.3 Å². The lowest BCUT2D eigenvalue weighted by atomic mass is 10.2. The minimum absolute atomic E-state index is 0.0743. The fourth-order valence-corrected chi connectivity index (χ4v) is 2.16. The van der Waals surface area contributed by atoms with Gasteiger partial charge in [-0.15, -0.1) is 0 Å². The zero-order valence-electron chi connectivity index (χ0n) is 11.1. The summed E-state index contributed by atoms with van der Waals surface area (Å²) in [7, 11) is 0. The number of H-pyrrole nitrogens is 1. The second kappa shape index (κ2) is 5.17. The Morgan fingerprint density at radius 1 is 1.05 bits per heavy atom. The van der Waals surface area contributed by atoms with E-state index in [1.807, 2.05) is 55.5 Å². The fourth-order valence-electron chi connectivity index (χ4n) is 2.16. The highest BCUT2D eigenvalue weighted by Crippen LogP contribution is 2.16. The first-order chi connectivity index (χ1) is 9.74. The third-order valence-electron chi connectivity index (χ3n) is 3.20. The Balaban J connectivity index is 1.96. The Bertz CT molecular complexity index is 780. The average molecular weight is 265 g/mol. The first-order valence-electron chi connectivity index (χ1n) is 6.54. The smallest absolute Gasteiger partial charge is 0.258 e. The van der Waals surface area contributed by atoms with Gasteiger partial charge in [0, 0.05) is 5.69 Å². The number of aromatic nitrogens is 2. The van der Waals surface area contributed by atoms with Gasteiger partial charge in [-0.05, 0) is 31.2 Å². The molecule has 0 aliphatic carbocycles. The predicted molar refractivity (Wildman–Crippen MR) is 80.8 cm³/mol. The maximum Gasteiger partial charge on any atom is 0.258 e. The van der Waals surface area contributed by atoms with Crippen molar-refractivity contribution in [3.05, 3.63) is 70.8 Å². The molecule has 0 aliphatic rings. The van der Waals surface area contributed by atoms with Crippen molar-refractivity contribution in [1.82, 2.24) is 9.97 Å². The molecule has 2 aromatic carbocycles. The van der Waals surface area contributed by atoms with E-state index in [0.717, 1.165) is 5.69 Å². The van der Waals surface area contributed by atoms with Crippen molar-refractivity contribution in [3.63, 3.8) is 0 Å². The number of anilines is 1. The van der Waals surface area contributed by atoms with Crippen molar-refractivity contribution in [2.45, 2.75) is 13.0 Å². The summed E-state index contributed by atoms with van der Waals surface area (Å²) in [6.07, 6.45) is 0. The van der Waals surface area contributed by atoms with Gasteiger partial charge >= 0.3 is 0 Å². The van der Waals surface area contributed by atoms with E-state index >= 15 is 0 Å². The molecule has 1 heterocycles. The molecular weight excluding hydrogens is 250 g/mol. The van der Waals surface area contributed by atoms with E-state index in [0.29, 0.717) is 16.7 Å². The third-order valence-corrected chi connectivity index (χ3v) is 3.20. The molecule has 0 radical (unpaired) electrons. The van der Waals surface area contributed by atoms with Crippen LogP contribution in [0.2, 0.25) is 0 Å². The van der Waals surface area contributed by atoms with Crippen molar-refractivity contribution < 1.29 is 0 Å². The van der Waals surface area contributed by atoms with E-state index in [-0.39, 0.29) is 11.6 Å². The van der Waals surface area contributed by atoms with Gasteiger partial charge in [-0.3, -0.25) is 4.79 Å². The summed E-state index contributed by atoms with van der Waals surface area (Å²) in [6.45, 7) is 1.97. The van der Waals surface area contributed by atoms with Gasteiger partial charge in [0.05, 0.1) is 16.9 Å². The van der Waals surface area contributed by atoms with Crippen LogP contribution in [0, 0.1) is 0 Å². The summed E-state index contributed by atoms with van der Waals surface area (Å²) in [5.74, 6) is 0.637. The van der Waals surface area contributed by atoms with Gasteiger partial charge in [0.2, 0.25) is 0 Å². The summed E-state index contributed by atoms with van der Waals surface area (Å²) >= 11 is 0. The zero-order valence-corrected chi connectivity index (χ0v) is 11.1. The molecule has 4 nitrogen and oxygen atoms in total. The first kappa shape index (κ1) is 12.4. The normalized spacial score (nSPS) is 12.2. The van der Waals surface area contributed by atoms with E-state index in [4.69, 9.17) is 0 Å². The van der Waals surface area contributed by atoms with Crippen LogP contribution in [0.1, 0.15) is 18.8 Å². The van der Waals surface area contributed by atoms with Crippen molar-refractivity contribution in [2.24, 2.45) is 0 Å². The van der Waals surface area contributed by atoms with Crippen LogP contribution in [0.25, 0.3) is 10.9 Å². The van der Waals surface area contributed by atoms with Crippen LogP contribution in [0.3, 0.4) is 0 Å². The minimum atomic E-state index is -0.104. The number of para-hydroxylation sites is 2. The van der Waals surface area contributed by atoms with Crippen LogP contribution in [0.15, 0.2) is 59.4 Å². The molecule has 1 atom stereocenters. The highest BCUT2D eigenvalue weighted by Gasteiger charge is 2.10. The maximum absolute atomic E-state index is 12.0. The number of hydrogen-bond acceptors (Lipinski definition) is 3. The summed E-state index contributed by atoms with van der Waals surface area (Å²) in [4.78, 5) is 19.4. The van der Waals surface area contributed by atoms with Gasteiger partial charge in [0.1, 0.15) is 5.82 Å². The Morgan fingerprint density at radius 2 is 1.75 bits per heavy atom. The van der Waals surface area contributed by atoms with Crippen LogP contribution in [-0.2, 0) is 0 Å². The first-order valence-corrected chi connectivity index (χ1v) is 6.54. The molecule has 3 aromatic rings. The highest BCUT2D eigenvalue weighted by atomic mass is 16.1. The number of aromatic amines is 1. The van der Waals surface area contributed by atoms with Gasteiger partial charge in [-0.25, -0.2) is 4.98 Å². The molecule has 0 fully saturated rings. The number of rotatable bonds is 3. The lowest BCUT2D eigenvalue weighted by molar-refractivity contribution is 0.791. The molecule has 1 aromatic heterocycles. The molecule has 0 amide bonds. The molecule has 0 saturated carbocycles. The van der Waals surface area contributed by atoms with Crippen LogP contribution >= 0.6 is 0 Å². The summed E-state index contributed by atoms with van der Waals surface area (Å²) in [6, 6.07) is 17.1. The number of hydrogen-bond donors (Lipinski definition) is 2. The fraction of sp³-hybridized carbons (Fsp3) is 0.125. The third kappa shape index (κ3) is 2.40. The van der Waals surface area contributed by atoms with Crippen LogP contribution < -0.4 is 10.9 Å². The zero-order chi connectivity index (χ0) is 13.9. The SMILES string of the molecule is C[C@H](Nc1ccccc1)c1nc2ccccc2c(=O)[nH]1. The molecule has 0 saturated heterocycles. The van der Waals surface area contributed by atoms with Crippen molar-refractivity contribution in [1.29, 1.82) is 0 Å². The van der Waals surface area contributed by atoms with Crippen molar-refractivity contribution in [2.75, 3.05) is 5.32 Å². The molecule has 0 unspecified atom stereocenters. The topological polar surface area (TPSA) is 57.8 Å². The monoisotopic (exact) mass is 265 g/mol. The molecule has 100 valence electrons. The number of nitrogens with zero attached hydrogens (tertiary/aromatic N) is 1. The average Bonchev–Trinajstić information content (AvgIpc) is 2.48. The van der Waals surface area contributed by atoms with Crippen LogP contribution in [0.4, 0.5) is 5.69 Å². The predicted octanol–water partition coefficient (Wildman–Crippen LogP) is 3.10. The van der Waals surface area contributed by atoms with Crippen LogP contribution in [-0.4, -0.2) is 9.97 Å². The van der Waals surface area contributed by atoms with E-state index in [1.54, 1.807) is 6.07 Å². The number of fused-ring (bicyclic) bond motifs is 1. The molecular formula is C16H15N3O. The summed E-state index contributed by atoms with van der Waals surface area (Å²) in [5, 5.41) is 3.93. The maximum atomic E-state index is 12.0. The molecule has 2 N–H and O–H groups in total. The lowest BCUT2D eigenvalue weighted by Crippen LogP contribution is -2.17. The second-order valence-electron chi connectivity index (χ2n) is 4.70. The molecule has 3 rings (SSSR count). The number of nitrogens with one attached hydrogen (secondary N) is 2. The largest absolute Gasteiger partial charge is 0.375 e. The van der Waals surface area contributed by atoms with Crippen molar-refractivity contribution >= 4 is 16.6 Å². The van der Waals surface area contributed by atoms with Crippen molar-refractivity contribution in [3.8, 4) is 0 Å². The molecule has 0 aliphatic heterocycles. The Hall–Kier alpha value is -2.62. The van der Waals surface area contributed by atoms with Gasteiger partial charge in [0.15, 0.2) is 0 Å². The summed E-state index contributed by atoms with van der Waals surface area (Å²) < 4.78 is 0. The number of benzene rings is 2. The second-order valence-corrected chi connectivity index (χ2v) is 4.70. The summed E-state index contributed by atoms with van der Waals surface area (Å²) in [5.41, 5.74) is 1.61. The molecule has 4 heteroatoms. The van der Waals surface area contributed by atoms with E-state index in [1.165, 1.54) is 0 Å². The van der Waals surface area contributed by atoms with Gasteiger partial charge < -0.3 is 10.3 Å². The Kier molecular flexibility index (Phi) is 3.21. The molecule has 0 spiro atoms. The standard InChI is InChI=1S/C16H15N3O/c1-11(17-12-7-3-2-4-8-12)15-18-14-10-6-5-9-13(14)16(20)19-15/h2-11,17H,1H3,(H,18,19,20)/t11-/m0/s1. The van der Waals surface area contributed by atoms with E-state index in [2.05, 4.69) is 15.3 Å². The lowest BCUT2D eigenvalue weighted by Gasteiger charge is -2.14. The van der Waals surface area contributed by atoms with E-state index in [9.17, 15) is 4.79 Å². The molecule has 20 heavy (non-hydrogen) atoms. The van der Waals surface area contributed by atoms with Crippen LogP contribution in [0.5, 0.6) is 0 Å². The quantitative estimate of drug-likeness (QED) is 0.765.